The number of amides is 2. The number of phenols is 2. The molecule has 4 aromatic rings. The number of nitrogens with one attached hydrogen (secondary N) is 2. The molecule has 2 fully saturated rings. The smallest absolute Gasteiger partial charge is 0.253 e. The topological polar surface area (TPSA) is 124 Å². The zero-order valence-corrected chi connectivity index (χ0v) is 59.9. The number of nitrogens with zero attached hydrogens (tertiary/aromatic N) is 2. The molecule has 526 valence electrons. The van der Waals surface area contributed by atoms with E-state index < -0.39 is 5.60 Å². The first-order valence-electron chi connectivity index (χ1n) is 33.5. The fourth-order valence-electron chi connectivity index (χ4n) is 10.5. The number of rotatable bonds is 8. The van der Waals surface area contributed by atoms with Gasteiger partial charge in [-0.1, -0.05) is 25.0 Å². The summed E-state index contributed by atoms with van der Waals surface area (Å²) in [5, 5.41) is 28.4. The molecule has 2 amide bonds. The van der Waals surface area contributed by atoms with Crippen LogP contribution in [0.2, 0.25) is 0 Å². The molecule has 12 heteroatoms. The summed E-state index contributed by atoms with van der Waals surface area (Å²) in [5.74, 6) is 0.253. The number of benzene rings is 4. The normalized spacial score (nSPS) is 11.8. The lowest BCUT2D eigenvalue weighted by molar-refractivity contribution is 0.0110. The minimum absolute atomic E-state index is 0. The highest BCUT2D eigenvalue weighted by molar-refractivity contribution is 5.96. The Bertz CT molecular complexity index is 6130. The number of fused-ring (bicyclic) bond motifs is 2. The summed E-state index contributed by atoms with van der Waals surface area (Å²) in [6.07, 6.45) is 5.97. The van der Waals surface area contributed by atoms with Crippen LogP contribution < -0.4 is 20.1 Å². The molecule has 4 heterocycles. The van der Waals surface area contributed by atoms with Gasteiger partial charge < -0.3 is 40.1 Å². The minimum atomic E-state index is -0.492. The van der Waals surface area contributed by atoms with Gasteiger partial charge in [-0.05, 0) is 256 Å². The van der Waals surface area contributed by atoms with Gasteiger partial charge in [0.05, 0.1) is 0 Å². The average molecular weight is 1430 g/mol. The van der Waals surface area contributed by atoms with Crippen LogP contribution in [-0.2, 0) is 0 Å². The van der Waals surface area contributed by atoms with E-state index in [1.807, 2.05) is 39.8 Å². The van der Waals surface area contributed by atoms with E-state index >= 15 is 0 Å². The van der Waals surface area contributed by atoms with Gasteiger partial charge in [-0.15, -0.1) is 0 Å². The molecule has 4 aliphatic heterocycles. The van der Waals surface area contributed by atoms with Crippen LogP contribution in [0.15, 0.2) is 361 Å². The SMILES string of the molecule is C.C=C=C=C=C=C=C=C=C=C=C=C=C=C=C=C=C=C=C=C=C=C=C=C=C=C=C=C=C=C=C=C=C=C=C=C=C=C=C=C=C=C=C=C=C=C=C=C=C.CCN(CC)C(=O)c1ccc(C2=CC3(CCNCC3)Oc3ccc(F)cc32)c(O)c1.CCN(CC)C(=O)c1ccc(C2CC3(CCNCC3)Oc3ccc(F)cc32)c(O)c1. The quantitative estimate of drug-likeness (QED) is 0.129. The Hall–Kier alpha value is -16.1. The molecular formula is C98H64F2N4O6. The summed E-state index contributed by atoms with van der Waals surface area (Å²) in [5.41, 5.74) is 120. The van der Waals surface area contributed by atoms with E-state index in [1.165, 1.54) is 30.3 Å². The van der Waals surface area contributed by atoms with Gasteiger partial charge in [-0.3, -0.25) is 9.59 Å². The van der Waals surface area contributed by atoms with Crippen molar-refractivity contribution in [2.45, 2.75) is 84.3 Å². The van der Waals surface area contributed by atoms with Crippen molar-refractivity contribution in [1.29, 1.82) is 0 Å². The van der Waals surface area contributed by atoms with Gasteiger partial charge in [0.1, 0.15) is 45.8 Å². The summed E-state index contributed by atoms with van der Waals surface area (Å²) in [6.45, 7) is 20.1. The summed E-state index contributed by atoms with van der Waals surface area (Å²) in [7, 11) is 0. The minimum Gasteiger partial charge on any atom is -0.508 e. The second-order valence-electron chi connectivity index (χ2n) is 22.0. The predicted octanol–water partition coefficient (Wildman–Crippen LogP) is 16.7. The lowest BCUT2D eigenvalue weighted by Gasteiger charge is -2.45. The van der Waals surface area contributed by atoms with E-state index in [0.717, 1.165) is 63.0 Å². The van der Waals surface area contributed by atoms with Crippen molar-refractivity contribution in [2.75, 3.05) is 52.4 Å². The van der Waals surface area contributed by atoms with Crippen molar-refractivity contribution >= 4 is 17.4 Å². The molecule has 0 aliphatic carbocycles. The third-order valence-electron chi connectivity index (χ3n) is 15.4. The zero-order chi connectivity index (χ0) is 77.8. The molecule has 1 unspecified atom stereocenters. The lowest BCUT2D eigenvalue weighted by atomic mass is 9.74. The van der Waals surface area contributed by atoms with Crippen molar-refractivity contribution in [3.8, 4) is 23.0 Å². The first-order chi connectivity index (χ1) is 53.3. The summed E-state index contributed by atoms with van der Waals surface area (Å²) >= 11 is 0. The molecule has 8 rings (SSSR count). The number of hydrogen-bond acceptors (Lipinski definition) is 8. The molecule has 110 heavy (non-hydrogen) atoms. The molecule has 4 aliphatic rings. The fourth-order valence-corrected chi connectivity index (χ4v) is 10.5. The Labute approximate surface area is 638 Å². The van der Waals surface area contributed by atoms with Gasteiger partial charge in [0.25, 0.3) is 11.8 Å². The van der Waals surface area contributed by atoms with Gasteiger partial charge in [-0.2, -0.15) is 0 Å². The van der Waals surface area contributed by atoms with Crippen molar-refractivity contribution in [3.05, 3.63) is 406 Å². The molecule has 1 atom stereocenters. The fraction of sp³-hybridized carbons (Fsp3) is 0.214. The Balaban J connectivity index is 0.000000306. The maximum Gasteiger partial charge on any atom is 0.253 e. The first kappa shape index (κ1) is 84.6. The standard InChI is InChI=1S/C49H4.C24H29FN2O3.C24H27FN2O3.CH4/c1-3-5-7-9-11-13-15-17-19-21-23-25-27-29-31-33-35-37-39-41-43-45-47-49-48-46-44-42-40-38-36-34-32-30-28-26-24-22-20-18-16-14-12-10-8-6-4-2;2*1-3-27(4-2)23(29)16-5-7-18(21(28)13-16)20-15-24(9-11-26-12-10-24)30-22-8-6-17(25)14-19(20)22;/h1-2H2;5-8,13-14,20,26,28H,3-4,9-12,15H2,1-2H3;5-8,13-15,26,28H,3-4,9-12H2,1-2H3;1H4. The van der Waals surface area contributed by atoms with Crippen molar-refractivity contribution in [2.24, 2.45) is 0 Å². The predicted molar refractivity (Wildman–Crippen MR) is 411 cm³/mol. The zero-order valence-electron chi connectivity index (χ0n) is 59.9. The highest BCUT2D eigenvalue weighted by Crippen LogP contribution is 2.50. The highest BCUT2D eigenvalue weighted by Gasteiger charge is 2.43. The molecule has 0 aromatic heterocycles. The molecule has 0 saturated carbocycles. The van der Waals surface area contributed by atoms with E-state index in [0.29, 0.717) is 71.9 Å². The second-order valence-corrected chi connectivity index (χ2v) is 22.0. The molecule has 0 bridgehead atoms. The van der Waals surface area contributed by atoms with E-state index in [-0.39, 0.29) is 53.9 Å². The number of ether oxygens (including phenoxy) is 2. The number of piperidine rings is 2. The van der Waals surface area contributed by atoms with Gasteiger partial charge >= 0.3 is 0 Å². The van der Waals surface area contributed by atoms with Crippen LogP contribution >= 0.6 is 0 Å². The average Bonchev–Trinajstić information content (AvgIpc) is 0.760. The van der Waals surface area contributed by atoms with E-state index in [4.69, 9.17) is 9.47 Å². The van der Waals surface area contributed by atoms with Gasteiger partial charge in [-0.25, -0.2) is 8.78 Å². The van der Waals surface area contributed by atoms with E-state index in [2.05, 4.69) is 293 Å². The van der Waals surface area contributed by atoms with Crippen LogP contribution in [-0.4, -0.2) is 95.4 Å². The number of phenolic OH excluding ortho intramolecular Hbond substituents is 2. The third-order valence-corrected chi connectivity index (χ3v) is 15.4. The summed E-state index contributed by atoms with van der Waals surface area (Å²) < 4.78 is 40.8. The number of hydrogen-bond donors (Lipinski definition) is 4. The number of aromatic hydroxyl groups is 2. The summed E-state index contributed by atoms with van der Waals surface area (Å²) in [6, 6.07) is 19.2. The molecule has 0 radical (unpaired) electrons. The van der Waals surface area contributed by atoms with Crippen LogP contribution in [0.25, 0.3) is 5.57 Å². The Morgan fingerprint density at radius 2 is 0.736 bits per heavy atom. The molecule has 2 spiro atoms. The van der Waals surface area contributed by atoms with Crippen LogP contribution in [0.1, 0.15) is 116 Å². The van der Waals surface area contributed by atoms with Crippen LogP contribution in [0.4, 0.5) is 8.78 Å². The Morgan fingerprint density at radius 3 is 1.08 bits per heavy atom. The lowest BCUT2D eigenvalue weighted by Crippen LogP contribution is -2.49. The Kier molecular flexibility index (Phi) is 37.5. The molecule has 2 saturated heterocycles. The van der Waals surface area contributed by atoms with Crippen LogP contribution in [0.5, 0.6) is 23.0 Å². The van der Waals surface area contributed by atoms with Crippen molar-refractivity contribution in [1.82, 2.24) is 20.4 Å². The monoisotopic (exact) mass is 1430 g/mol. The second kappa shape index (κ2) is 48.8. The number of carbonyl (C=O) groups excluding carboxylic acids is 2. The van der Waals surface area contributed by atoms with Crippen LogP contribution in [0, 0.1) is 11.6 Å². The van der Waals surface area contributed by atoms with Gasteiger partial charge in [0.2, 0.25) is 0 Å². The maximum atomic E-state index is 14.1. The first-order valence-corrected chi connectivity index (χ1v) is 33.5. The Morgan fingerprint density at radius 1 is 0.409 bits per heavy atom. The van der Waals surface area contributed by atoms with E-state index in [1.54, 1.807) is 46.2 Å². The highest BCUT2D eigenvalue weighted by atomic mass is 19.1. The van der Waals surface area contributed by atoms with Gasteiger partial charge in [0, 0.05) is 245 Å². The molecule has 4 N–H and O–H groups in total. The molecular weight excluding hydrogens is 1370 g/mol. The van der Waals surface area contributed by atoms with Crippen molar-refractivity contribution in [3.63, 3.8) is 0 Å². The number of carbonyl (C=O) groups is 2. The number of halogens is 2. The van der Waals surface area contributed by atoms with Gasteiger partial charge in [0.15, 0.2) is 0 Å². The molecule has 4 aromatic carbocycles. The summed E-state index contributed by atoms with van der Waals surface area (Å²) in [4.78, 5) is 28.8. The maximum absolute atomic E-state index is 14.1. The largest absolute Gasteiger partial charge is 0.508 e. The third kappa shape index (κ3) is 29.0. The van der Waals surface area contributed by atoms with Crippen LogP contribution in [0.3, 0.4) is 0 Å². The van der Waals surface area contributed by atoms with E-state index in [9.17, 15) is 28.6 Å². The van der Waals surface area contributed by atoms with Crippen molar-refractivity contribution < 1.29 is 38.1 Å². The molecule has 10 nitrogen and oxygen atoms in total.